The Kier molecular flexibility index (Phi) is 5.40. The summed E-state index contributed by atoms with van der Waals surface area (Å²) < 4.78 is 0. The van der Waals surface area contributed by atoms with Crippen molar-refractivity contribution in [3.05, 3.63) is 41.7 Å². The molecule has 8 nitrogen and oxygen atoms in total. The van der Waals surface area contributed by atoms with Gasteiger partial charge in [-0.25, -0.2) is 0 Å². The lowest BCUT2D eigenvalue weighted by molar-refractivity contribution is -0.117. The Morgan fingerprint density at radius 1 is 1.11 bits per heavy atom. The number of hydrogen-bond donors (Lipinski definition) is 3. The molecule has 2 aliphatic rings. The molecule has 4 rings (SSSR count). The van der Waals surface area contributed by atoms with E-state index in [2.05, 4.69) is 37.7 Å². The number of H-pyrrole nitrogens is 1. The van der Waals surface area contributed by atoms with E-state index in [4.69, 9.17) is 0 Å². The molecule has 28 heavy (non-hydrogen) atoms. The van der Waals surface area contributed by atoms with Gasteiger partial charge in [0, 0.05) is 44.3 Å². The van der Waals surface area contributed by atoms with Crippen LogP contribution in [0.4, 0.5) is 11.4 Å². The molecular formula is C20H26N6O2. The third-order valence-electron chi connectivity index (χ3n) is 5.29. The SMILES string of the molecule is CN1CCN(Cc2ccc(NC(=O)c3[nH]ncc3NC(=O)C3CC3)cc2)CC1. The highest BCUT2D eigenvalue weighted by molar-refractivity contribution is 6.09. The number of carbonyl (C=O) groups is 2. The molecule has 2 aromatic rings. The predicted octanol–water partition coefficient (Wildman–Crippen LogP) is 1.76. The maximum Gasteiger partial charge on any atom is 0.275 e. The molecule has 8 heteroatoms. The average Bonchev–Trinajstić information content (AvgIpc) is 3.45. The summed E-state index contributed by atoms with van der Waals surface area (Å²) in [6.07, 6.45) is 3.28. The van der Waals surface area contributed by atoms with Gasteiger partial charge in [0.05, 0.1) is 11.9 Å². The second-order valence-corrected chi connectivity index (χ2v) is 7.65. The number of carbonyl (C=O) groups excluding carboxylic acids is 2. The lowest BCUT2D eigenvalue weighted by Crippen LogP contribution is -2.43. The van der Waals surface area contributed by atoms with E-state index in [9.17, 15) is 9.59 Å². The van der Waals surface area contributed by atoms with Crippen LogP contribution in [0.15, 0.2) is 30.5 Å². The smallest absolute Gasteiger partial charge is 0.275 e. The highest BCUT2D eigenvalue weighted by Crippen LogP contribution is 2.30. The highest BCUT2D eigenvalue weighted by atomic mass is 16.2. The number of piperazine rings is 1. The van der Waals surface area contributed by atoms with Crippen molar-refractivity contribution in [3.8, 4) is 0 Å². The lowest BCUT2D eigenvalue weighted by Gasteiger charge is -2.32. The average molecular weight is 382 g/mol. The van der Waals surface area contributed by atoms with Crippen molar-refractivity contribution in [1.29, 1.82) is 0 Å². The zero-order valence-electron chi connectivity index (χ0n) is 16.1. The van der Waals surface area contributed by atoms with Gasteiger partial charge in [0.15, 0.2) is 0 Å². The summed E-state index contributed by atoms with van der Waals surface area (Å²) >= 11 is 0. The molecule has 0 atom stereocenters. The van der Waals surface area contributed by atoms with Gasteiger partial charge in [0.1, 0.15) is 5.69 Å². The summed E-state index contributed by atoms with van der Waals surface area (Å²) in [7, 11) is 2.15. The van der Waals surface area contributed by atoms with Crippen molar-refractivity contribution in [2.24, 2.45) is 5.92 Å². The van der Waals surface area contributed by atoms with Crippen LogP contribution in [0.3, 0.4) is 0 Å². The molecular weight excluding hydrogens is 356 g/mol. The quantitative estimate of drug-likeness (QED) is 0.708. The molecule has 0 spiro atoms. The first-order valence-corrected chi connectivity index (χ1v) is 9.74. The van der Waals surface area contributed by atoms with Gasteiger partial charge in [-0.05, 0) is 37.6 Å². The fourth-order valence-electron chi connectivity index (χ4n) is 3.29. The summed E-state index contributed by atoms with van der Waals surface area (Å²) in [4.78, 5) is 29.3. The first-order chi connectivity index (χ1) is 13.6. The van der Waals surface area contributed by atoms with E-state index < -0.39 is 0 Å². The minimum Gasteiger partial charge on any atom is -0.323 e. The molecule has 148 valence electrons. The largest absolute Gasteiger partial charge is 0.323 e. The highest BCUT2D eigenvalue weighted by Gasteiger charge is 2.30. The molecule has 0 radical (unpaired) electrons. The fourth-order valence-corrected chi connectivity index (χ4v) is 3.29. The summed E-state index contributed by atoms with van der Waals surface area (Å²) in [6, 6.07) is 7.89. The van der Waals surface area contributed by atoms with Crippen molar-refractivity contribution >= 4 is 23.2 Å². The number of aromatic amines is 1. The minimum atomic E-state index is -0.324. The van der Waals surface area contributed by atoms with Crippen molar-refractivity contribution in [1.82, 2.24) is 20.0 Å². The van der Waals surface area contributed by atoms with Gasteiger partial charge in [-0.3, -0.25) is 19.6 Å². The maximum atomic E-state index is 12.5. The van der Waals surface area contributed by atoms with Crippen molar-refractivity contribution in [2.75, 3.05) is 43.9 Å². The van der Waals surface area contributed by atoms with E-state index >= 15 is 0 Å². The summed E-state index contributed by atoms with van der Waals surface area (Å²) in [5.41, 5.74) is 2.61. The van der Waals surface area contributed by atoms with Crippen LogP contribution in [0.25, 0.3) is 0 Å². The van der Waals surface area contributed by atoms with Gasteiger partial charge in [0.2, 0.25) is 5.91 Å². The molecule has 2 heterocycles. The third kappa shape index (κ3) is 4.58. The Morgan fingerprint density at radius 3 is 2.50 bits per heavy atom. The van der Waals surface area contributed by atoms with Crippen LogP contribution in [0.5, 0.6) is 0 Å². The van der Waals surface area contributed by atoms with Crippen molar-refractivity contribution < 1.29 is 9.59 Å². The zero-order chi connectivity index (χ0) is 19.5. The molecule has 0 unspecified atom stereocenters. The molecule has 1 saturated heterocycles. The van der Waals surface area contributed by atoms with E-state index in [0.717, 1.165) is 45.6 Å². The molecule has 2 fully saturated rings. The molecule has 2 amide bonds. The van der Waals surface area contributed by atoms with Crippen LogP contribution in [-0.2, 0) is 11.3 Å². The molecule has 1 saturated carbocycles. The Labute approximate surface area is 164 Å². The Balaban J connectivity index is 1.33. The number of aromatic nitrogens is 2. The van der Waals surface area contributed by atoms with Crippen LogP contribution in [-0.4, -0.2) is 65.0 Å². The number of nitrogens with one attached hydrogen (secondary N) is 3. The Hall–Kier alpha value is -2.71. The molecule has 1 aromatic carbocycles. The van der Waals surface area contributed by atoms with E-state index in [-0.39, 0.29) is 23.4 Å². The normalized spacial score (nSPS) is 18.0. The van der Waals surface area contributed by atoms with Gasteiger partial charge >= 0.3 is 0 Å². The Morgan fingerprint density at radius 2 is 1.82 bits per heavy atom. The molecule has 1 aromatic heterocycles. The van der Waals surface area contributed by atoms with E-state index in [1.165, 1.54) is 11.8 Å². The molecule has 0 bridgehead atoms. The first-order valence-electron chi connectivity index (χ1n) is 9.74. The number of amides is 2. The number of rotatable bonds is 6. The predicted molar refractivity (Wildman–Crippen MR) is 107 cm³/mol. The fraction of sp³-hybridized carbons (Fsp3) is 0.450. The standard InChI is InChI=1S/C20H26N6O2/c1-25-8-10-26(11-9-25)13-14-2-6-16(7-3-14)22-20(28)18-17(12-21-24-18)23-19(27)15-4-5-15/h2-3,6-7,12,15H,4-5,8-11,13H2,1H3,(H,21,24)(H,22,28)(H,23,27). The molecule has 1 aliphatic carbocycles. The summed E-state index contributed by atoms with van der Waals surface area (Å²) in [6.45, 7) is 5.25. The topological polar surface area (TPSA) is 93.4 Å². The van der Waals surface area contributed by atoms with E-state index in [0.29, 0.717) is 11.4 Å². The van der Waals surface area contributed by atoms with Gasteiger partial charge in [0.25, 0.3) is 5.91 Å². The van der Waals surface area contributed by atoms with Crippen LogP contribution >= 0.6 is 0 Å². The second-order valence-electron chi connectivity index (χ2n) is 7.65. The van der Waals surface area contributed by atoms with Gasteiger partial charge in [-0.1, -0.05) is 12.1 Å². The van der Waals surface area contributed by atoms with E-state index in [1.54, 1.807) is 0 Å². The monoisotopic (exact) mass is 382 g/mol. The first kappa shape index (κ1) is 18.6. The van der Waals surface area contributed by atoms with Crippen LogP contribution in [0, 0.1) is 5.92 Å². The third-order valence-corrected chi connectivity index (χ3v) is 5.29. The Bertz CT molecular complexity index is 835. The lowest BCUT2D eigenvalue weighted by atomic mass is 10.1. The summed E-state index contributed by atoms with van der Waals surface area (Å²) in [5.74, 6) is -0.308. The number of hydrogen-bond acceptors (Lipinski definition) is 5. The van der Waals surface area contributed by atoms with Gasteiger partial charge in [-0.15, -0.1) is 0 Å². The number of anilines is 2. The van der Waals surface area contributed by atoms with Gasteiger partial charge in [-0.2, -0.15) is 5.10 Å². The van der Waals surface area contributed by atoms with Crippen molar-refractivity contribution in [2.45, 2.75) is 19.4 Å². The summed E-state index contributed by atoms with van der Waals surface area (Å²) in [5, 5.41) is 12.2. The van der Waals surface area contributed by atoms with Crippen LogP contribution in [0.2, 0.25) is 0 Å². The minimum absolute atomic E-state index is 0.0521. The maximum absolute atomic E-state index is 12.5. The van der Waals surface area contributed by atoms with Crippen LogP contribution in [0.1, 0.15) is 28.9 Å². The van der Waals surface area contributed by atoms with Crippen LogP contribution < -0.4 is 10.6 Å². The number of benzene rings is 1. The van der Waals surface area contributed by atoms with Crippen molar-refractivity contribution in [3.63, 3.8) is 0 Å². The van der Waals surface area contributed by atoms with Gasteiger partial charge < -0.3 is 15.5 Å². The van der Waals surface area contributed by atoms with E-state index in [1.807, 2.05) is 24.3 Å². The second kappa shape index (κ2) is 8.12. The number of nitrogens with zero attached hydrogens (tertiary/aromatic N) is 3. The number of likely N-dealkylation sites (N-methyl/N-ethyl adjacent to an activating group) is 1. The zero-order valence-corrected chi connectivity index (χ0v) is 16.1. The molecule has 3 N–H and O–H groups in total. The molecule has 1 aliphatic heterocycles.